The van der Waals surface area contributed by atoms with Gasteiger partial charge in [0.25, 0.3) is 0 Å². The predicted octanol–water partition coefficient (Wildman–Crippen LogP) is 3.25. The molecule has 3 nitrogen and oxygen atoms in total. The van der Waals surface area contributed by atoms with Crippen LogP contribution in [0.3, 0.4) is 0 Å². The lowest BCUT2D eigenvalue weighted by Gasteiger charge is -2.13. The Morgan fingerprint density at radius 1 is 1.20 bits per heavy atom. The van der Waals surface area contributed by atoms with Crippen LogP contribution in [0, 0.1) is 13.8 Å². The van der Waals surface area contributed by atoms with Gasteiger partial charge in [0.1, 0.15) is 0 Å². The zero-order valence-corrected chi connectivity index (χ0v) is 11.1. The first-order valence-corrected chi connectivity index (χ1v) is 6.13. The molecular weight excluding hydrogens is 269 g/mol. The highest BCUT2D eigenvalue weighted by Crippen LogP contribution is 2.27. The normalized spacial score (nSPS) is 13.5. The Kier molecular flexibility index (Phi) is 3.85. The van der Waals surface area contributed by atoms with E-state index in [-0.39, 0.29) is 6.54 Å². The van der Waals surface area contributed by atoms with Crippen molar-refractivity contribution in [2.75, 3.05) is 0 Å². The van der Waals surface area contributed by atoms with Crippen LogP contribution < -0.4 is 0 Å². The molecule has 0 fully saturated rings. The fraction of sp³-hybridized carbons (Fsp3) is 0.357. The first-order chi connectivity index (χ1) is 9.27. The van der Waals surface area contributed by atoms with Crippen LogP contribution in [-0.2, 0) is 12.7 Å². The summed E-state index contributed by atoms with van der Waals surface area (Å²) in [5, 5.41) is 13.5. The van der Waals surface area contributed by atoms with Crippen molar-refractivity contribution in [2.24, 2.45) is 0 Å². The van der Waals surface area contributed by atoms with E-state index in [0.717, 1.165) is 21.9 Å². The van der Waals surface area contributed by atoms with Crippen molar-refractivity contribution in [3.05, 3.63) is 52.8 Å². The molecule has 0 bridgehead atoms. The van der Waals surface area contributed by atoms with Crippen LogP contribution in [0.1, 0.15) is 28.5 Å². The van der Waals surface area contributed by atoms with Gasteiger partial charge in [-0.25, -0.2) is 0 Å². The largest absolute Gasteiger partial charge is 0.435 e. The minimum absolute atomic E-state index is 0.0153. The van der Waals surface area contributed by atoms with E-state index in [1.807, 2.05) is 26.0 Å². The molecule has 0 spiro atoms. The van der Waals surface area contributed by atoms with Crippen LogP contribution >= 0.6 is 0 Å². The summed E-state index contributed by atoms with van der Waals surface area (Å²) in [6.07, 6.45) is -4.14. The van der Waals surface area contributed by atoms with E-state index in [2.05, 4.69) is 5.10 Å². The third-order valence-corrected chi connectivity index (χ3v) is 3.21. The molecule has 108 valence electrons. The zero-order chi connectivity index (χ0) is 14.9. The molecule has 6 heteroatoms. The number of benzene rings is 1. The summed E-state index contributed by atoms with van der Waals surface area (Å²) in [5.41, 5.74) is 1.83. The molecule has 1 atom stereocenters. The molecule has 0 aliphatic carbocycles. The highest BCUT2D eigenvalue weighted by atomic mass is 19.4. The number of hydrogen-bond donors (Lipinski definition) is 1. The predicted molar refractivity (Wildman–Crippen MR) is 68.1 cm³/mol. The first kappa shape index (κ1) is 14.6. The second-order valence-corrected chi connectivity index (χ2v) is 4.78. The van der Waals surface area contributed by atoms with Crippen molar-refractivity contribution < 1.29 is 18.3 Å². The third kappa shape index (κ3) is 3.19. The van der Waals surface area contributed by atoms with Gasteiger partial charge in [0.2, 0.25) is 0 Å². The number of nitrogens with zero attached hydrogens (tertiary/aromatic N) is 2. The minimum Gasteiger partial charge on any atom is -0.386 e. The van der Waals surface area contributed by atoms with Gasteiger partial charge in [-0.1, -0.05) is 18.2 Å². The highest BCUT2D eigenvalue weighted by molar-refractivity contribution is 5.31. The lowest BCUT2D eigenvalue weighted by molar-refractivity contribution is -0.141. The SMILES string of the molecule is Cc1ccc(C(O)Cn2ccc(C(F)(F)F)n2)cc1C. The lowest BCUT2D eigenvalue weighted by Crippen LogP contribution is -2.12. The summed E-state index contributed by atoms with van der Waals surface area (Å²) in [4.78, 5) is 0. The van der Waals surface area contributed by atoms with Crippen LogP contribution in [0.4, 0.5) is 13.2 Å². The smallest absolute Gasteiger partial charge is 0.386 e. The quantitative estimate of drug-likeness (QED) is 0.939. The van der Waals surface area contributed by atoms with Crippen molar-refractivity contribution in [3.8, 4) is 0 Å². The maximum absolute atomic E-state index is 12.4. The summed E-state index contributed by atoms with van der Waals surface area (Å²) in [7, 11) is 0. The van der Waals surface area contributed by atoms with Crippen molar-refractivity contribution in [3.63, 3.8) is 0 Å². The number of rotatable bonds is 3. The standard InChI is InChI=1S/C14H15F3N2O/c1-9-3-4-11(7-10(9)2)12(20)8-19-6-5-13(18-19)14(15,16)17/h3-7,12,20H,8H2,1-2H3. The molecule has 0 saturated carbocycles. The number of halogens is 3. The number of aliphatic hydroxyl groups excluding tert-OH is 1. The number of aryl methyl sites for hydroxylation is 2. The fourth-order valence-corrected chi connectivity index (χ4v) is 1.87. The van der Waals surface area contributed by atoms with Crippen molar-refractivity contribution in [2.45, 2.75) is 32.7 Å². The first-order valence-electron chi connectivity index (χ1n) is 6.13. The molecule has 0 radical (unpaired) electrons. The molecule has 1 aromatic heterocycles. The Morgan fingerprint density at radius 2 is 1.90 bits per heavy atom. The van der Waals surface area contributed by atoms with E-state index < -0.39 is 18.0 Å². The summed E-state index contributed by atoms with van der Waals surface area (Å²) in [6, 6.07) is 6.36. The van der Waals surface area contributed by atoms with Crippen molar-refractivity contribution in [1.29, 1.82) is 0 Å². The van der Waals surface area contributed by atoms with Crippen LogP contribution in [-0.4, -0.2) is 14.9 Å². The maximum Gasteiger partial charge on any atom is 0.435 e. The topological polar surface area (TPSA) is 38.0 Å². The fourth-order valence-electron chi connectivity index (χ4n) is 1.87. The molecule has 0 aliphatic heterocycles. The summed E-state index contributed by atoms with van der Waals surface area (Å²) >= 11 is 0. The number of aliphatic hydroxyl groups is 1. The number of hydrogen-bond acceptors (Lipinski definition) is 2. The van der Waals surface area contributed by atoms with E-state index in [1.165, 1.54) is 6.20 Å². The molecule has 1 unspecified atom stereocenters. The van der Waals surface area contributed by atoms with Crippen LogP contribution in [0.5, 0.6) is 0 Å². The van der Waals surface area contributed by atoms with E-state index in [1.54, 1.807) is 6.07 Å². The molecule has 1 heterocycles. The summed E-state index contributed by atoms with van der Waals surface area (Å²) < 4.78 is 38.4. The van der Waals surface area contributed by atoms with E-state index in [0.29, 0.717) is 5.56 Å². The highest BCUT2D eigenvalue weighted by Gasteiger charge is 2.33. The maximum atomic E-state index is 12.4. The average molecular weight is 284 g/mol. The molecule has 0 saturated heterocycles. The Morgan fingerprint density at radius 3 is 2.45 bits per heavy atom. The molecule has 0 aliphatic rings. The molecule has 2 rings (SSSR count). The lowest BCUT2D eigenvalue weighted by atomic mass is 10.0. The van der Waals surface area contributed by atoms with Gasteiger partial charge in [-0.2, -0.15) is 18.3 Å². The Balaban J connectivity index is 2.13. The van der Waals surface area contributed by atoms with E-state index >= 15 is 0 Å². The Labute approximate surface area is 114 Å². The molecule has 1 aromatic carbocycles. The van der Waals surface area contributed by atoms with Gasteiger partial charge in [-0.3, -0.25) is 4.68 Å². The molecule has 2 aromatic rings. The van der Waals surface area contributed by atoms with Gasteiger partial charge < -0.3 is 5.11 Å². The summed E-state index contributed by atoms with van der Waals surface area (Å²) in [5.74, 6) is 0. The number of aromatic nitrogens is 2. The van der Waals surface area contributed by atoms with E-state index in [4.69, 9.17) is 0 Å². The van der Waals surface area contributed by atoms with Crippen LogP contribution in [0.25, 0.3) is 0 Å². The Bertz CT molecular complexity index is 605. The van der Waals surface area contributed by atoms with Gasteiger partial charge in [0, 0.05) is 6.20 Å². The minimum atomic E-state index is -4.46. The van der Waals surface area contributed by atoms with Crippen molar-refractivity contribution >= 4 is 0 Å². The molecular formula is C14H15F3N2O. The van der Waals surface area contributed by atoms with Gasteiger partial charge in [0.15, 0.2) is 5.69 Å². The molecule has 20 heavy (non-hydrogen) atoms. The van der Waals surface area contributed by atoms with Gasteiger partial charge in [-0.15, -0.1) is 0 Å². The second kappa shape index (κ2) is 5.28. The molecule has 0 amide bonds. The van der Waals surface area contributed by atoms with Crippen LogP contribution in [0.2, 0.25) is 0 Å². The van der Waals surface area contributed by atoms with Gasteiger partial charge in [0.05, 0.1) is 12.6 Å². The zero-order valence-electron chi connectivity index (χ0n) is 11.1. The Hall–Kier alpha value is -1.82. The third-order valence-electron chi connectivity index (χ3n) is 3.21. The average Bonchev–Trinajstić information content (AvgIpc) is 2.81. The summed E-state index contributed by atoms with van der Waals surface area (Å²) in [6.45, 7) is 3.86. The van der Waals surface area contributed by atoms with Gasteiger partial charge >= 0.3 is 6.18 Å². The van der Waals surface area contributed by atoms with Crippen molar-refractivity contribution in [1.82, 2.24) is 9.78 Å². The second-order valence-electron chi connectivity index (χ2n) is 4.78. The monoisotopic (exact) mass is 284 g/mol. The molecule has 1 N–H and O–H groups in total. The van der Waals surface area contributed by atoms with E-state index in [9.17, 15) is 18.3 Å². The van der Waals surface area contributed by atoms with Gasteiger partial charge in [-0.05, 0) is 36.6 Å². The van der Waals surface area contributed by atoms with Crippen LogP contribution in [0.15, 0.2) is 30.5 Å². The number of alkyl halides is 3.